The van der Waals surface area contributed by atoms with Gasteiger partial charge in [-0.1, -0.05) is 48.0 Å². The van der Waals surface area contributed by atoms with Gasteiger partial charge in [-0.05, 0) is 49.7 Å². The molecule has 3 aromatic rings. The van der Waals surface area contributed by atoms with Crippen molar-refractivity contribution in [3.8, 4) is 11.5 Å². The lowest BCUT2D eigenvalue weighted by Gasteiger charge is -2.11. The fourth-order valence-electron chi connectivity index (χ4n) is 2.92. The van der Waals surface area contributed by atoms with Crippen LogP contribution in [0.2, 0.25) is 0 Å². The van der Waals surface area contributed by atoms with E-state index >= 15 is 0 Å². The summed E-state index contributed by atoms with van der Waals surface area (Å²) in [7, 11) is 0. The van der Waals surface area contributed by atoms with Gasteiger partial charge in [0.1, 0.15) is 11.5 Å². The molecular formula is C25H26N2O3. The van der Waals surface area contributed by atoms with Gasteiger partial charge in [-0.2, -0.15) is 5.10 Å². The minimum atomic E-state index is -0.256. The topological polar surface area (TPSA) is 59.9 Å². The number of para-hydroxylation sites is 1. The third-order valence-electron chi connectivity index (χ3n) is 4.46. The van der Waals surface area contributed by atoms with Gasteiger partial charge < -0.3 is 9.47 Å². The molecule has 0 spiro atoms. The molecule has 0 aromatic heterocycles. The molecule has 0 bridgehead atoms. The predicted molar refractivity (Wildman–Crippen MR) is 119 cm³/mol. The number of carbonyl (C=O) groups excluding carboxylic acids is 1. The predicted octanol–water partition coefficient (Wildman–Crippen LogP) is 4.92. The van der Waals surface area contributed by atoms with Crippen molar-refractivity contribution in [2.24, 2.45) is 5.10 Å². The van der Waals surface area contributed by atoms with Crippen molar-refractivity contribution < 1.29 is 14.3 Å². The van der Waals surface area contributed by atoms with Crippen molar-refractivity contribution in [2.75, 3.05) is 13.2 Å². The first-order valence-corrected chi connectivity index (χ1v) is 9.94. The highest BCUT2D eigenvalue weighted by molar-refractivity contribution is 5.95. The molecule has 0 aliphatic carbocycles. The number of rotatable bonds is 9. The van der Waals surface area contributed by atoms with E-state index in [-0.39, 0.29) is 5.91 Å². The van der Waals surface area contributed by atoms with E-state index in [2.05, 4.69) is 23.5 Å². The molecule has 154 valence electrons. The Morgan fingerprint density at radius 1 is 0.900 bits per heavy atom. The van der Waals surface area contributed by atoms with Crippen molar-refractivity contribution in [1.29, 1.82) is 0 Å². The van der Waals surface area contributed by atoms with Crippen LogP contribution in [0.3, 0.4) is 0 Å². The first kappa shape index (κ1) is 21.1. The number of nitrogens with zero attached hydrogens (tertiary/aromatic N) is 1. The molecule has 1 N–H and O–H groups in total. The van der Waals surface area contributed by atoms with Gasteiger partial charge in [0, 0.05) is 17.5 Å². The maximum atomic E-state index is 12.1. The van der Waals surface area contributed by atoms with Gasteiger partial charge in [-0.15, -0.1) is 0 Å². The van der Waals surface area contributed by atoms with Crippen LogP contribution in [0, 0.1) is 13.8 Å². The average Bonchev–Trinajstić information content (AvgIpc) is 2.76. The lowest BCUT2D eigenvalue weighted by atomic mass is 10.1. The molecule has 0 saturated carbocycles. The molecule has 0 atom stereocenters. The zero-order valence-electron chi connectivity index (χ0n) is 17.3. The van der Waals surface area contributed by atoms with E-state index < -0.39 is 0 Å². The van der Waals surface area contributed by atoms with E-state index in [1.165, 1.54) is 5.56 Å². The molecule has 5 heteroatoms. The second-order valence-corrected chi connectivity index (χ2v) is 6.92. The second-order valence-electron chi connectivity index (χ2n) is 6.92. The number of hydrogen-bond acceptors (Lipinski definition) is 4. The summed E-state index contributed by atoms with van der Waals surface area (Å²) in [6, 6.07) is 22.7. The third kappa shape index (κ3) is 6.21. The summed E-state index contributed by atoms with van der Waals surface area (Å²) >= 11 is 0. The number of amides is 1. The summed E-state index contributed by atoms with van der Waals surface area (Å²) in [5, 5.41) is 4.05. The van der Waals surface area contributed by atoms with E-state index in [0.29, 0.717) is 24.5 Å². The van der Waals surface area contributed by atoms with E-state index in [1.807, 2.05) is 61.5 Å². The quantitative estimate of drug-likeness (QED) is 0.314. The fourth-order valence-corrected chi connectivity index (χ4v) is 2.92. The van der Waals surface area contributed by atoms with Crippen LogP contribution >= 0.6 is 0 Å². The number of hydrogen-bond donors (Lipinski definition) is 1. The Hall–Kier alpha value is -3.60. The summed E-state index contributed by atoms with van der Waals surface area (Å²) in [4.78, 5) is 12.1. The Labute approximate surface area is 177 Å². The Morgan fingerprint density at radius 2 is 1.60 bits per heavy atom. The molecule has 5 nitrogen and oxygen atoms in total. The van der Waals surface area contributed by atoms with Crippen LogP contribution in [0.25, 0.3) is 0 Å². The summed E-state index contributed by atoms with van der Waals surface area (Å²) in [6.45, 7) is 5.21. The number of aryl methyl sites for hydroxylation is 2. The van der Waals surface area contributed by atoms with Crippen LogP contribution in [0.15, 0.2) is 77.9 Å². The summed E-state index contributed by atoms with van der Waals surface area (Å²) in [5.41, 5.74) is 6.24. The standard InChI is InChI=1S/C25H26N2O3/c1-19-13-14-23(20(2)17-19)29-15-8-16-30-24-12-7-6-11-22(24)18-26-27-25(28)21-9-4-3-5-10-21/h3-7,9-14,17-18H,8,15-16H2,1-2H3,(H,27,28). The lowest BCUT2D eigenvalue weighted by molar-refractivity contribution is 0.0955. The van der Waals surface area contributed by atoms with Crippen LogP contribution in [-0.4, -0.2) is 25.3 Å². The SMILES string of the molecule is Cc1ccc(OCCCOc2ccccc2C=NNC(=O)c2ccccc2)c(C)c1. The molecule has 3 aromatic carbocycles. The van der Waals surface area contributed by atoms with Crippen LogP contribution in [0.4, 0.5) is 0 Å². The van der Waals surface area contributed by atoms with Gasteiger partial charge in [0.05, 0.1) is 19.4 Å². The largest absolute Gasteiger partial charge is 0.493 e. The maximum absolute atomic E-state index is 12.1. The summed E-state index contributed by atoms with van der Waals surface area (Å²) in [6.07, 6.45) is 2.34. The van der Waals surface area contributed by atoms with Crippen LogP contribution in [0.1, 0.15) is 33.5 Å². The molecular weight excluding hydrogens is 376 g/mol. The molecule has 3 rings (SSSR count). The molecule has 0 unspecified atom stereocenters. The molecule has 30 heavy (non-hydrogen) atoms. The van der Waals surface area contributed by atoms with Crippen LogP contribution < -0.4 is 14.9 Å². The Bertz CT molecular complexity index is 1000. The molecule has 0 fully saturated rings. The van der Waals surface area contributed by atoms with Crippen molar-refractivity contribution >= 4 is 12.1 Å². The monoisotopic (exact) mass is 402 g/mol. The normalized spacial score (nSPS) is 10.7. The third-order valence-corrected chi connectivity index (χ3v) is 4.46. The zero-order valence-corrected chi connectivity index (χ0v) is 17.3. The molecule has 1 amide bonds. The lowest BCUT2D eigenvalue weighted by Crippen LogP contribution is -2.17. The molecule has 0 saturated heterocycles. The van der Waals surface area contributed by atoms with Gasteiger partial charge >= 0.3 is 0 Å². The Morgan fingerprint density at radius 3 is 2.37 bits per heavy atom. The first-order chi connectivity index (χ1) is 14.6. The number of ether oxygens (including phenoxy) is 2. The van der Waals surface area contributed by atoms with Crippen molar-refractivity contribution in [3.63, 3.8) is 0 Å². The van der Waals surface area contributed by atoms with Gasteiger partial charge in [-0.25, -0.2) is 5.43 Å². The number of benzene rings is 3. The smallest absolute Gasteiger partial charge is 0.271 e. The van der Waals surface area contributed by atoms with Gasteiger partial charge in [-0.3, -0.25) is 4.79 Å². The average molecular weight is 402 g/mol. The van der Waals surface area contributed by atoms with E-state index in [1.54, 1.807) is 18.3 Å². The molecule has 0 aliphatic heterocycles. The molecule has 0 heterocycles. The minimum Gasteiger partial charge on any atom is -0.493 e. The Balaban J connectivity index is 1.47. The highest BCUT2D eigenvalue weighted by atomic mass is 16.5. The van der Waals surface area contributed by atoms with Gasteiger partial charge in [0.15, 0.2) is 0 Å². The number of nitrogens with one attached hydrogen (secondary N) is 1. The van der Waals surface area contributed by atoms with Gasteiger partial charge in [0.2, 0.25) is 0 Å². The summed E-state index contributed by atoms with van der Waals surface area (Å²) in [5.74, 6) is 1.36. The van der Waals surface area contributed by atoms with E-state index in [9.17, 15) is 4.79 Å². The van der Waals surface area contributed by atoms with Crippen molar-refractivity contribution in [3.05, 3.63) is 95.1 Å². The Kier molecular flexibility index (Phi) is 7.61. The van der Waals surface area contributed by atoms with E-state index in [4.69, 9.17) is 9.47 Å². The highest BCUT2D eigenvalue weighted by Gasteiger charge is 2.04. The number of carbonyl (C=O) groups is 1. The van der Waals surface area contributed by atoms with Gasteiger partial charge in [0.25, 0.3) is 5.91 Å². The zero-order chi connectivity index (χ0) is 21.2. The second kappa shape index (κ2) is 10.8. The first-order valence-electron chi connectivity index (χ1n) is 9.94. The van der Waals surface area contributed by atoms with E-state index in [0.717, 1.165) is 23.3 Å². The molecule has 0 aliphatic rings. The maximum Gasteiger partial charge on any atom is 0.271 e. The fraction of sp³-hybridized carbons (Fsp3) is 0.200. The molecule has 0 radical (unpaired) electrons. The van der Waals surface area contributed by atoms with Crippen LogP contribution in [0.5, 0.6) is 11.5 Å². The summed E-state index contributed by atoms with van der Waals surface area (Å²) < 4.78 is 11.7. The minimum absolute atomic E-state index is 0.256. The van der Waals surface area contributed by atoms with Crippen LogP contribution in [-0.2, 0) is 0 Å². The van der Waals surface area contributed by atoms with Crippen molar-refractivity contribution in [1.82, 2.24) is 5.43 Å². The van der Waals surface area contributed by atoms with Crippen molar-refractivity contribution in [2.45, 2.75) is 20.3 Å². The highest BCUT2D eigenvalue weighted by Crippen LogP contribution is 2.19. The number of hydrazone groups is 1.